The zero-order chi connectivity index (χ0) is 20.8. The number of amides is 1. The molecule has 0 saturated heterocycles. The molecular formula is C23H32ClNO2. The standard InChI is InChI=1S/C23H32ClNO2/c1-9-16(3)12-11-13-20-17(4)21(24)14-18(19(20)10-2)15-25(8)22(26)27-23(5,6)7/h10-14H,2,9,15H2,1,3-8H3/b13-11-,16-12+. The maximum atomic E-state index is 12.3. The van der Waals surface area contributed by atoms with E-state index in [1.165, 1.54) is 5.57 Å². The molecule has 0 bridgehead atoms. The van der Waals surface area contributed by atoms with Crippen LogP contribution < -0.4 is 0 Å². The summed E-state index contributed by atoms with van der Waals surface area (Å²) < 4.78 is 5.44. The van der Waals surface area contributed by atoms with Gasteiger partial charge in [-0.3, -0.25) is 0 Å². The lowest BCUT2D eigenvalue weighted by Gasteiger charge is -2.25. The summed E-state index contributed by atoms with van der Waals surface area (Å²) in [6.45, 7) is 16.1. The van der Waals surface area contributed by atoms with Crippen LogP contribution in [0.3, 0.4) is 0 Å². The van der Waals surface area contributed by atoms with Gasteiger partial charge in [0.1, 0.15) is 5.60 Å². The molecule has 0 aromatic heterocycles. The van der Waals surface area contributed by atoms with E-state index >= 15 is 0 Å². The molecule has 27 heavy (non-hydrogen) atoms. The van der Waals surface area contributed by atoms with Gasteiger partial charge in [0.25, 0.3) is 0 Å². The largest absolute Gasteiger partial charge is 0.444 e. The minimum atomic E-state index is -0.533. The molecule has 0 N–H and O–H groups in total. The normalized spacial score (nSPS) is 12.4. The molecule has 1 rings (SSSR count). The smallest absolute Gasteiger partial charge is 0.410 e. The first-order valence-electron chi connectivity index (χ1n) is 9.22. The van der Waals surface area contributed by atoms with Crippen molar-refractivity contribution in [3.63, 3.8) is 0 Å². The quantitative estimate of drug-likeness (QED) is 0.489. The summed E-state index contributed by atoms with van der Waals surface area (Å²) in [4.78, 5) is 13.9. The number of benzene rings is 1. The van der Waals surface area contributed by atoms with E-state index in [4.69, 9.17) is 16.3 Å². The van der Waals surface area contributed by atoms with E-state index in [-0.39, 0.29) is 6.09 Å². The predicted molar refractivity (Wildman–Crippen MR) is 117 cm³/mol. The Kier molecular flexibility index (Phi) is 8.36. The first-order chi connectivity index (χ1) is 12.5. The van der Waals surface area contributed by atoms with Crippen LogP contribution in [-0.2, 0) is 11.3 Å². The van der Waals surface area contributed by atoms with Gasteiger partial charge in [0.05, 0.1) is 0 Å². The monoisotopic (exact) mass is 389 g/mol. The molecule has 0 heterocycles. The average molecular weight is 390 g/mol. The van der Waals surface area contributed by atoms with E-state index in [1.807, 2.05) is 52.0 Å². The summed E-state index contributed by atoms with van der Waals surface area (Å²) in [5.74, 6) is 0. The Labute approximate surface area is 169 Å². The molecule has 0 aliphatic carbocycles. The number of nitrogens with zero attached hydrogens (tertiary/aromatic N) is 1. The van der Waals surface area contributed by atoms with Crippen LogP contribution in [0.4, 0.5) is 4.79 Å². The van der Waals surface area contributed by atoms with Gasteiger partial charge in [0.15, 0.2) is 0 Å². The summed E-state index contributed by atoms with van der Waals surface area (Å²) in [5.41, 5.74) is 4.70. The number of halogens is 1. The highest BCUT2D eigenvalue weighted by atomic mass is 35.5. The summed E-state index contributed by atoms with van der Waals surface area (Å²) >= 11 is 6.47. The van der Waals surface area contributed by atoms with E-state index in [2.05, 4.69) is 26.5 Å². The van der Waals surface area contributed by atoms with Gasteiger partial charge in [-0.05, 0) is 69.4 Å². The Balaban J connectivity index is 3.25. The van der Waals surface area contributed by atoms with Crippen LogP contribution in [0.1, 0.15) is 63.3 Å². The van der Waals surface area contributed by atoms with E-state index in [0.717, 1.165) is 28.7 Å². The number of rotatable bonds is 6. The molecule has 0 radical (unpaired) electrons. The van der Waals surface area contributed by atoms with Crippen LogP contribution in [0.25, 0.3) is 12.2 Å². The van der Waals surface area contributed by atoms with Gasteiger partial charge in [-0.1, -0.05) is 55.0 Å². The summed E-state index contributed by atoms with van der Waals surface area (Å²) in [7, 11) is 1.72. The van der Waals surface area contributed by atoms with Gasteiger partial charge < -0.3 is 9.64 Å². The van der Waals surface area contributed by atoms with Gasteiger partial charge >= 0.3 is 6.09 Å². The molecule has 3 nitrogen and oxygen atoms in total. The molecule has 0 aliphatic rings. The molecular weight excluding hydrogens is 358 g/mol. The third kappa shape index (κ3) is 6.91. The topological polar surface area (TPSA) is 29.5 Å². The minimum absolute atomic E-state index is 0.368. The highest BCUT2D eigenvalue weighted by Crippen LogP contribution is 2.30. The van der Waals surface area contributed by atoms with Gasteiger partial charge in [0.2, 0.25) is 0 Å². The Bertz CT molecular complexity index is 755. The fourth-order valence-corrected chi connectivity index (χ4v) is 2.75. The van der Waals surface area contributed by atoms with Crippen LogP contribution in [-0.4, -0.2) is 23.6 Å². The lowest BCUT2D eigenvalue weighted by Crippen LogP contribution is -2.34. The Morgan fingerprint density at radius 3 is 2.48 bits per heavy atom. The molecule has 0 atom stereocenters. The Hall–Kier alpha value is -2.00. The number of carbonyl (C=O) groups excluding carboxylic acids is 1. The second-order valence-corrected chi connectivity index (χ2v) is 8.14. The second kappa shape index (κ2) is 9.80. The van der Waals surface area contributed by atoms with Crippen molar-refractivity contribution < 1.29 is 9.53 Å². The molecule has 0 spiro atoms. The lowest BCUT2D eigenvalue weighted by atomic mass is 9.95. The SMILES string of the molecule is C=Cc1c(CN(C)C(=O)OC(C)(C)C)cc(Cl)c(C)c1/C=C\C=C(/C)CC. The molecule has 4 heteroatoms. The second-order valence-electron chi connectivity index (χ2n) is 7.74. The van der Waals surface area contributed by atoms with Crippen molar-refractivity contribution in [1.82, 2.24) is 4.90 Å². The molecule has 0 fully saturated rings. The first-order valence-corrected chi connectivity index (χ1v) is 9.60. The van der Waals surface area contributed by atoms with Crippen molar-refractivity contribution >= 4 is 29.8 Å². The average Bonchev–Trinajstić information content (AvgIpc) is 2.57. The van der Waals surface area contributed by atoms with E-state index in [0.29, 0.717) is 11.6 Å². The fourth-order valence-electron chi connectivity index (χ4n) is 2.52. The highest BCUT2D eigenvalue weighted by Gasteiger charge is 2.21. The number of carbonyl (C=O) groups is 1. The van der Waals surface area contributed by atoms with Crippen LogP contribution >= 0.6 is 11.6 Å². The third-order valence-electron chi connectivity index (χ3n) is 4.22. The molecule has 148 valence electrons. The van der Waals surface area contributed by atoms with Crippen LogP contribution in [0, 0.1) is 6.92 Å². The predicted octanol–water partition coefficient (Wildman–Crippen LogP) is 7.03. The van der Waals surface area contributed by atoms with Gasteiger partial charge in [-0.25, -0.2) is 4.79 Å². The van der Waals surface area contributed by atoms with Crippen molar-refractivity contribution in [1.29, 1.82) is 0 Å². The fraction of sp³-hybridized carbons (Fsp3) is 0.435. The molecule has 1 aromatic rings. The summed E-state index contributed by atoms with van der Waals surface area (Å²) in [5, 5.41) is 0.670. The Morgan fingerprint density at radius 2 is 1.96 bits per heavy atom. The maximum Gasteiger partial charge on any atom is 0.410 e. The third-order valence-corrected chi connectivity index (χ3v) is 4.61. The van der Waals surface area contributed by atoms with E-state index < -0.39 is 5.60 Å². The van der Waals surface area contributed by atoms with Crippen molar-refractivity contribution in [2.24, 2.45) is 0 Å². The van der Waals surface area contributed by atoms with Crippen LogP contribution in [0.2, 0.25) is 5.02 Å². The zero-order valence-corrected chi connectivity index (χ0v) is 18.4. The van der Waals surface area contributed by atoms with Crippen molar-refractivity contribution in [3.8, 4) is 0 Å². The van der Waals surface area contributed by atoms with Crippen LogP contribution in [0.5, 0.6) is 0 Å². The van der Waals surface area contributed by atoms with E-state index in [1.54, 1.807) is 11.9 Å². The number of allylic oxidation sites excluding steroid dienone is 3. The molecule has 0 saturated carbocycles. The van der Waals surface area contributed by atoms with Crippen molar-refractivity contribution in [3.05, 3.63) is 57.6 Å². The lowest BCUT2D eigenvalue weighted by molar-refractivity contribution is 0.0285. The summed E-state index contributed by atoms with van der Waals surface area (Å²) in [6, 6.07) is 1.90. The minimum Gasteiger partial charge on any atom is -0.444 e. The van der Waals surface area contributed by atoms with Gasteiger partial charge in [-0.2, -0.15) is 0 Å². The number of hydrogen-bond acceptors (Lipinski definition) is 2. The number of ether oxygens (including phenoxy) is 1. The molecule has 0 aliphatic heterocycles. The summed E-state index contributed by atoms with van der Waals surface area (Å²) in [6.07, 6.45) is 8.64. The van der Waals surface area contributed by atoms with Gasteiger partial charge in [0, 0.05) is 18.6 Å². The van der Waals surface area contributed by atoms with Crippen LogP contribution in [0.15, 0.2) is 30.4 Å². The zero-order valence-electron chi connectivity index (χ0n) is 17.6. The number of hydrogen-bond donors (Lipinski definition) is 0. The maximum absolute atomic E-state index is 12.3. The van der Waals surface area contributed by atoms with Gasteiger partial charge in [-0.15, -0.1) is 0 Å². The van der Waals surface area contributed by atoms with Crippen molar-refractivity contribution in [2.75, 3.05) is 7.05 Å². The molecule has 1 aromatic carbocycles. The highest BCUT2D eigenvalue weighted by molar-refractivity contribution is 6.31. The Morgan fingerprint density at radius 1 is 1.33 bits per heavy atom. The molecule has 1 amide bonds. The molecule has 0 unspecified atom stereocenters. The van der Waals surface area contributed by atoms with E-state index in [9.17, 15) is 4.79 Å². The first kappa shape index (κ1) is 23.0. The van der Waals surface area contributed by atoms with Crippen molar-refractivity contribution in [2.45, 2.75) is 60.1 Å².